The Kier molecular flexibility index (Phi) is 5.79. The molecule has 0 aliphatic carbocycles. The second kappa shape index (κ2) is 6.87. The first-order chi connectivity index (χ1) is 7.74. The average molecular weight is 255 g/mol. The number of anilines is 1. The maximum atomic E-state index is 5.80. The molecule has 1 heterocycles. The fourth-order valence-corrected chi connectivity index (χ4v) is 2.43. The molecule has 1 aliphatic rings. The number of hydrogen-bond donors (Lipinski definition) is 1. The molecule has 3 heteroatoms. The largest absolute Gasteiger partial charge is 0.399 e. The Morgan fingerprint density at radius 1 is 1.29 bits per heavy atom. The van der Waals surface area contributed by atoms with E-state index in [4.69, 9.17) is 5.73 Å². The van der Waals surface area contributed by atoms with Gasteiger partial charge in [0.15, 0.2) is 0 Å². The number of halogens is 1. The molecule has 96 valence electrons. The van der Waals surface area contributed by atoms with Crippen molar-refractivity contribution in [2.24, 2.45) is 5.92 Å². The van der Waals surface area contributed by atoms with Gasteiger partial charge in [-0.15, -0.1) is 12.4 Å². The molecule has 0 bridgehead atoms. The van der Waals surface area contributed by atoms with Crippen LogP contribution in [0, 0.1) is 5.92 Å². The van der Waals surface area contributed by atoms with E-state index in [0.717, 1.165) is 18.2 Å². The van der Waals surface area contributed by atoms with Crippen molar-refractivity contribution in [1.29, 1.82) is 0 Å². The van der Waals surface area contributed by atoms with Crippen molar-refractivity contribution >= 4 is 18.1 Å². The SMILES string of the molecule is CC1CCCN(Cc2cccc(N)c2)CC1.Cl. The number of nitrogens with two attached hydrogens (primary N) is 1. The molecule has 0 saturated carbocycles. The normalized spacial score (nSPS) is 21.6. The number of nitrogens with zero attached hydrogens (tertiary/aromatic N) is 1. The Balaban J connectivity index is 0.00000144. The van der Waals surface area contributed by atoms with Gasteiger partial charge in [0.2, 0.25) is 0 Å². The van der Waals surface area contributed by atoms with E-state index in [2.05, 4.69) is 24.0 Å². The van der Waals surface area contributed by atoms with Crippen LogP contribution < -0.4 is 5.73 Å². The predicted octanol–water partition coefficient (Wildman–Crippen LogP) is 3.31. The molecule has 2 N–H and O–H groups in total. The van der Waals surface area contributed by atoms with Crippen LogP contribution in [0.1, 0.15) is 31.7 Å². The summed E-state index contributed by atoms with van der Waals surface area (Å²) < 4.78 is 0. The van der Waals surface area contributed by atoms with Crippen molar-refractivity contribution in [1.82, 2.24) is 4.90 Å². The predicted molar refractivity (Wildman–Crippen MR) is 76.4 cm³/mol. The maximum Gasteiger partial charge on any atom is 0.0317 e. The van der Waals surface area contributed by atoms with Crippen LogP contribution in [0.15, 0.2) is 24.3 Å². The zero-order valence-corrected chi connectivity index (χ0v) is 11.4. The number of rotatable bonds is 2. The molecule has 0 amide bonds. The summed E-state index contributed by atoms with van der Waals surface area (Å²) in [5.74, 6) is 0.894. The summed E-state index contributed by atoms with van der Waals surface area (Å²) in [6.07, 6.45) is 4.05. The number of likely N-dealkylation sites (tertiary alicyclic amines) is 1. The Hall–Kier alpha value is -0.730. The molecule has 0 radical (unpaired) electrons. The van der Waals surface area contributed by atoms with Crippen LogP contribution in [0.25, 0.3) is 0 Å². The monoisotopic (exact) mass is 254 g/mol. The van der Waals surface area contributed by atoms with Gasteiger partial charge in [-0.2, -0.15) is 0 Å². The van der Waals surface area contributed by atoms with Crippen molar-refractivity contribution in [3.05, 3.63) is 29.8 Å². The summed E-state index contributed by atoms with van der Waals surface area (Å²) in [5, 5.41) is 0. The van der Waals surface area contributed by atoms with E-state index in [1.54, 1.807) is 0 Å². The van der Waals surface area contributed by atoms with Gasteiger partial charge in [0, 0.05) is 12.2 Å². The minimum absolute atomic E-state index is 0. The lowest BCUT2D eigenvalue weighted by Gasteiger charge is -2.20. The van der Waals surface area contributed by atoms with Crippen LogP contribution in [-0.4, -0.2) is 18.0 Å². The zero-order chi connectivity index (χ0) is 11.4. The minimum Gasteiger partial charge on any atom is -0.399 e. The van der Waals surface area contributed by atoms with Crippen LogP contribution in [0.5, 0.6) is 0 Å². The van der Waals surface area contributed by atoms with Gasteiger partial charge in [0.1, 0.15) is 0 Å². The highest BCUT2D eigenvalue weighted by atomic mass is 35.5. The van der Waals surface area contributed by atoms with Crippen LogP contribution in [0.4, 0.5) is 5.69 Å². The zero-order valence-electron chi connectivity index (χ0n) is 10.6. The van der Waals surface area contributed by atoms with Gasteiger partial charge in [-0.1, -0.05) is 19.1 Å². The van der Waals surface area contributed by atoms with E-state index in [1.807, 2.05) is 12.1 Å². The van der Waals surface area contributed by atoms with Crippen LogP contribution in [-0.2, 0) is 6.54 Å². The smallest absolute Gasteiger partial charge is 0.0317 e. The third-order valence-electron chi connectivity index (χ3n) is 3.47. The molecule has 1 atom stereocenters. The minimum atomic E-state index is 0. The molecule has 1 aliphatic heterocycles. The number of hydrogen-bond acceptors (Lipinski definition) is 2. The van der Waals surface area contributed by atoms with Crippen molar-refractivity contribution in [3.8, 4) is 0 Å². The Morgan fingerprint density at radius 3 is 2.88 bits per heavy atom. The molecule has 0 spiro atoms. The quantitative estimate of drug-likeness (QED) is 0.821. The molecule has 2 rings (SSSR count). The summed E-state index contributed by atoms with van der Waals surface area (Å²) >= 11 is 0. The highest BCUT2D eigenvalue weighted by Gasteiger charge is 2.13. The second-order valence-electron chi connectivity index (χ2n) is 5.06. The molecule has 1 saturated heterocycles. The Bertz CT molecular complexity index is 341. The van der Waals surface area contributed by atoms with Gasteiger partial charge in [-0.25, -0.2) is 0 Å². The van der Waals surface area contributed by atoms with E-state index < -0.39 is 0 Å². The molecule has 0 aromatic heterocycles. The third-order valence-corrected chi connectivity index (χ3v) is 3.47. The van der Waals surface area contributed by atoms with Crippen molar-refractivity contribution in [3.63, 3.8) is 0 Å². The molecule has 1 aromatic rings. The maximum absolute atomic E-state index is 5.80. The highest BCUT2D eigenvalue weighted by Crippen LogP contribution is 2.18. The Morgan fingerprint density at radius 2 is 2.12 bits per heavy atom. The van der Waals surface area contributed by atoms with Crippen LogP contribution in [0.3, 0.4) is 0 Å². The Labute approximate surface area is 111 Å². The van der Waals surface area contributed by atoms with E-state index in [1.165, 1.54) is 37.9 Å². The first kappa shape index (κ1) is 14.3. The van der Waals surface area contributed by atoms with Crippen molar-refractivity contribution in [2.75, 3.05) is 18.8 Å². The fraction of sp³-hybridized carbons (Fsp3) is 0.571. The summed E-state index contributed by atoms with van der Waals surface area (Å²) in [5.41, 5.74) is 8.02. The topological polar surface area (TPSA) is 29.3 Å². The van der Waals surface area contributed by atoms with Gasteiger partial charge in [0.05, 0.1) is 0 Å². The standard InChI is InChI=1S/C14H22N2.ClH/c1-12-4-3-8-16(9-7-12)11-13-5-2-6-14(15)10-13;/h2,5-6,10,12H,3-4,7-9,11,15H2,1H3;1H. The van der Waals surface area contributed by atoms with E-state index >= 15 is 0 Å². The van der Waals surface area contributed by atoms with E-state index in [0.29, 0.717) is 0 Å². The summed E-state index contributed by atoms with van der Waals surface area (Å²) in [4.78, 5) is 2.55. The van der Waals surface area contributed by atoms with Crippen LogP contribution in [0.2, 0.25) is 0 Å². The van der Waals surface area contributed by atoms with Crippen molar-refractivity contribution < 1.29 is 0 Å². The van der Waals surface area contributed by atoms with E-state index in [9.17, 15) is 0 Å². The average Bonchev–Trinajstić information content (AvgIpc) is 2.44. The fourth-order valence-electron chi connectivity index (χ4n) is 2.43. The van der Waals surface area contributed by atoms with E-state index in [-0.39, 0.29) is 12.4 Å². The summed E-state index contributed by atoms with van der Waals surface area (Å²) in [6, 6.07) is 8.26. The molecule has 1 fully saturated rings. The first-order valence-electron chi connectivity index (χ1n) is 6.31. The number of nitrogen functional groups attached to an aromatic ring is 1. The summed E-state index contributed by atoms with van der Waals surface area (Å²) in [7, 11) is 0. The summed E-state index contributed by atoms with van der Waals surface area (Å²) in [6.45, 7) is 5.89. The van der Waals surface area contributed by atoms with Gasteiger partial charge >= 0.3 is 0 Å². The van der Waals surface area contributed by atoms with Gasteiger partial charge in [-0.05, 0) is 56.0 Å². The van der Waals surface area contributed by atoms with Crippen molar-refractivity contribution in [2.45, 2.75) is 32.7 Å². The lowest BCUT2D eigenvalue weighted by molar-refractivity contribution is 0.274. The molecule has 17 heavy (non-hydrogen) atoms. The molecule has 1 unspecified atom stereocenters. The highest BCUT2D eigenvalue weighted by molar-refractivity contribution is 5.85. The van der Waals surface area contributed by atoms with Gasteiger partial charge < -0.3 is 5.73 Å². The molecule has 1 aromatic carbocycles. The molecular weight excluding hydrogens is 232 g/mol. The second-order valence-corrected chi connectivity index (χ2v) is 5.06. The third kappa shape index (κ3) is 4.57. The van der Waals surface area contributed by atoms with Gasteiger partial charge in [-0.3, -0.25) is 4.90 Å². The lowest BCUT2D eigenvalue weighted by Crippen LogP contribution is -2.24. The number of benzene rings is 1. The first-order valence-corrected chi connectivity index (χ1v) is 6.31. The lowest BCUT2D eigenvalue weighted by atomic mass is 10.0. The molecule has 2 nitrogen and oxygen atoms in total. The molecular formula is C14H23ClN2. The van der Waals surface area contributed by atoms with Crippen LogP contribution >= 0.6 is 12.4 Å². The van der Waals surface area contributed by atoms with Gasteiger partial charge in [0.25, 0.3) is 0 Å².